The van der Waals surface area contributed by atoms with E-state index in [9.17, 15) is 4.79 Å². The average Bonchev–Trinajstić information content (AvgIpc) is 3.16. The first kappa shape index (κ1) is 16.0. The Balaban J connectivity index is 1.50. The number of carbonyl (C=O) groups is 1. The van der Waals surface area contributed by atoms with Crippen LogP contribution in [0.5, 0.6) is 0 Å². The first-order valence-electron chi connectivity index (χ1n) is 8.63. The predicted molar refractivity (Wildman–Crippen MR) is 91.4 cm³/mol. The highest BCUT2D eigenvalue weighted by molar-refractivity contribution is 5.92. The van der Waals surface area contributed by atoms with Gasteiger partial charge in [-0.15, -0.1) is 5.10 Å². The zero-order valence-electron chi connectivity index (χ0n) is 14.3. The van der Waals surface area contributed by atoms with Crippen LogP contribution in [0.2, 0.25) is 0 Å². The Kier molecular flexibility index (Phi) is 4.12. The van der Waals surface area contributed by atoms with Crippen molar-refractivity contribution >= 4 is 11.7 Å². The molecular formula is C17H22N6O2. The number of piperidine rings is 1. The molecule has 25 heavy (non-hydrogen) atoms. The predicted octanol–water partition coefficient (Wildman–Crippen LogP) is 1.02. The number of rotatable bonds is 2. The number of ether oxygens (including phenoxy) is 1. The minimum atomic E-state index is -0.348. The number of amides is 1. The molecule has 1 N–H and O–H groups in total. The lowest BCUT2D eigenvalue weighted by molar-refractivity contribution is -0.105. The van der Waals surface area contributed by atoms with Gasteiger partial charge in [0.15, 0.2) is 5.82 Å². The molecule has 2 saturated heterocycles. The largest absolute Gasteiger partial charge is 0.369 e. The van der Waals surface area contributed by atoms with Crippen molar-refractivity contribution in [2.45, 2.75) is 25.4 Å². The molecule has 2 aromatic rings. The van der Waals surface area contributed by atoms with Gasteiger partial charge in [0.2, 0.25) is 0 Å². The number of aryl methyl sites for hydroxylation is 1. The lowest BCUT2D eigenvalue weighted by Crippen LogP contribution is -2.61. The monoisotopic (exact) mass is 342 g/mol. The molecule has 0 bridgehead atoms. The lowest BCUT2D eigenvalue weighted by Gasteiger charge is -2.48. The molecule has 0 aliphatic carbocycles. The Morgan fingerprint density at radius 3 is 2.92 bits per heavy atom. The fourth-order valence-corrected chi connectivity index (χ4v) is 3.66. The molecule has 0 saturated carbocycles. The molecule has 1 atom stereocenters. The van der Waals surface area contributed by atoms with Crippen LogP contribution in [0.4, 0.5) is 5.82 Å². The van der Waals surface area contributed by atoms with E-state index < -0.39 is 0 Å². The molecule has 0 radical (unpaired) electrons. The van der Waals surface area contributed by atoms with Gasteiger partial charge in [0, 0.05) is 19.3 Å². The maximum atomic E-state index is 12.6. The van der Waals surface area contributed by atoms with Crippen LogP contribution in [0.25, 0.3) is 0 Å². The molecule has 1 spiro atoms. The van der Waals surface area contributed by atoms with E-state index in [1.165, 1.54) is 0 Å². The molecule has 132 valence electrons. The van der Waals surface area contributed by atoms with E-state index in [1.807, 2.05) is 24.0 Å². The van der Waals surface area contributed by atoms with Crippen LogP contribution in [0.3, 0.4) is 0 Å². The van der Waals surface area contributed by atoms with Crippen molar-refractivity contribution < 1.29 is 9.53 Å². The van der Waals surface area contributed by atoms with Crippen molar-refractivity contribution in [1.29, 1.82) is 0 Å². The number of nitrogens with one attached hydrogen (secondary N) is 1. The highest BCUT2D eigenvalue weighted by Crippen LogP contribution is 2.31. The lowest BCUT2D eigenvalue weighted by atomic mass is 9.90. The summed E-state index contributed by atoms with van der Waals surface area (Å²) in [5.41, 5.74) is 1.08. The molecule has 4 rings (SSSR count). The van der Waals surface area contributed by atoms with Crippen molar-refractivity contribution in [3.8, 4) is 0 Å². The number of carbonyl (C=O) groups excluding carboxylic acids is 1. The third-order valence-electron chi connectivity index (χ3n) is 4.91. The summed E-state index contributed by atoms with van der Waals surface area (Å²) in [6.45, 7) is 5.31. The van der Waals surface area contributed by atoms with Gasteiger partial charge in [0.25, 0.3) is 5.91 Å². The Hall–Kier alpha value is -2.48. The van der Waals surface area contributed by atoms with Gasteiger partial charge < -0.3 is 14.5 Å². The summed E-state index contributed by atoms with van der Waals surface area (Å²) in [4.78, 5) is 16.7. The summed E-state index contributed by atoms with van der Waals surface area (Å²) < 4.78 is 6.17. The normalized spacial score (nSPS) is 23.9. The van der Waals surface area contributed by atoms with Crippen LogP contribution in [0.15, 0.2) is 24.4 Å². The topological polar surface area (TPSA) is 87.2 Å². The van der Waals surface area contributed by atoms with E-state index in [-0.39, 0.29) is 11.5 Å². The van der Waals surface area contributed by atoms with Gasteiger partial charge in [-0.05, 0) is 38.0 Å². The molecule has 0 aromatic carbocycles. The van der Waals surface area contributed by atoms with Crippen LogP contribution < -0.4 is 4.90 Å². The second kappa shape index (κ2) is 6.44. The minimum Gasteiger partial charge on any atom is -0.369 e. The van der Waals surface area contributed by atoms with Crippen molar-refractivity contribution in [3.05, 3.63) is 35.8 Å². The summed E-state index contributed by atoms with van der Waals surface area (Å²) in [5.74, 6) is 0.845. The average molecular weight is 342 g/mol. The summed E-state index contributed by atoms with van der Waals surface area (Å²) in [6.07, 6.45) is 3.54. The SMILES string of the molecule is Cc1ccc(N2CCCC3(CN(C(=O)c4ccn[nH]4)CCO3)C2)nn1. The number of H-pyrrole nitrogens is 1. The number of nitrogens with zero attached hydrogens (tertiary/aromatic N) is 5. The van der Waals surface area contributed by atoms with E-state index in [0.29, 0.717) is 25.4 Å². The highest BCUT2D eigenvalue weighted by atomic mass is 16.5. The standard InChI is InChI=1S/C17H22N6O2/c1-13-3-4-15(21-19-13)22-8-2-6-17(11-22)12-23(9-10-25-17)16(24)14-5-7-18-20-14/h3-5,7H,2,6,8-12H2,1H3,(H,18,20). The van der Waals surface area contributed by atoms with E-state index >= 15 is 0 Å². The molecule has 2 fully saturated rings. The molecule has 1 amide bonds. The van der Waals surface area contributed by atoms with Crippen LogP contribution >= 0.6 is 0 Å². The van der Waals surface area contributed by atoms with Gasteiger partial charge in [0.05, 0.1) is 25.4 Å². The maximum absolute atomic E-state index is 12.6. The number of anilines is 1. The fourth-order valence-electron chi connectivity index (χ4n) is 3.66. The van der Waals surface area contributed by atoms with E-state index in [0.717, 1.165) is 37.4 Å². The van der Waals surface area contributed by atoms with Crippen LogP contribution in [-0.4, -0.2) is 69.6 Å². The number of aromatic nitrogens is 4. The Labute approximate surface area is 146 Å². The second-order valence-electron chi connectivity index (χ2n) is 6.79. The maximum Gasteiger partial charge on any atom is 0.272 e. The molecule has 2 aliphatic rings. The minimum absolute atomic E-state index is 0.0209. The van der Waals surface area contributed by atoms with Gasteiger partial charge >= 0.3 is 0 Å². The molecule has 1 unspecified atom stereocenters. The summed E-state index contributed by atoms with van der Waals surface area (Å²) >= 11 is 0. The molecular weight excluding hydrogens is 320 g/mol. The van der Waals surface area contributed by atoms with Crippen molar-refractivity contribution in [2.24, 2.45) is 0 Å². The zero-order chi connectivity index (χ0) is 17.3. The summed E-state index contributed by atoms with van der Waals surface area (Å²) in [7, 11) is 0. The van der Waals surface area contributed by atoms with Gasteiger partial charge in [-0.2, -0.15) is 10.2 Å². The van der Waals surface area contributed by atoms with Crippen molar-refractivity contribution in [1.82, 2.24) is 25.3 Å². The first-order chi connectivity index (χ1) is 12.2. The number of hydrogen-bond donors (Lipinski definition) is 1. The smallest absolute Gasteiger partial charge is 0.272 e. The van der Waals surface area contributed by atoms with Crippen LogP contribution in [0.1, 0.15) is 29.0 Å². The van der Waals surface area contributed by atoms with E-state index in [2.05, 4.69) is 25.3 Å². The van der Waals surface area contributed by atoms with Gasteiger partial charge in [-0.25, -0.2) is 0 Å². The third kappa shape index (κ3) is 3.21. The number of morpholine rings is 1. The highest BCUT2D eigenvalue weighted by Gasteiger charge is 2.42. The Morgan fingerprint density at radius 1 is 1.24 bits per heavy atom. The zero-order valence-corrected chi connectivity index (χ0v) is 14.3. The molecule has 8 nitrogen and oxygen atoms in total. The first-order valence-corrected chi connectivity index (χ1v) is 8.63. The van der Waals surface area contributed by atoms with Gasteiger partial charge in [-0.1, -0.05) is 0 Å². The summed E-state index contributed by atoms with van der Waals surface area (Å²) in [5, 5.41) is 15.1. The van der Waals surface area contributed by atoms with Crippen LogP contribution in [0, 0.1) is 6.92 Å². The second-order valence-corrected chi connectivity index (χ2v) is 6.79. The Bertz CT molecular complexity index is 728. The molecule has 8 heteroatoms. The van der Waals surface area contributed by atoms with E-state index in [4.69, 9.17) is 4.74 Å². The third-order valence-corrected chi connectivity index (χ3v) is 4.91. The number of hydrogen-bond acceptors (Lipinski definition) is 6. The number of aromatic amines is 1. The quantitative estimate of drug-likeness (QED) is 0.877. The molecule has 2 aliphatic heterocycles. The summed E-state index contributed by atoms with van der Waals surface area (Å²) in [6, 6.07) is 5.68. The molecule has 4 heterocycles. The van der Waals surface area contributed by atoms with Crippen molar-refractivity contribution in [3.63, 3.8) is 0 Å². The van der Waals surface area contributed by atoms with Crippen molar-refractivity contribution in [2.75, 3.05) is 37.7 Å². The fraction of sp³-hybridized carbons (Fsp3) is 0.529. The van der Waals surface area contributed by atoms with E-state index in [1.54, 1.807) is 12.3 Å². The van der Waals surface area contributed by atoms with Gasteiger partial charge in [0.1, 0.15) is 11.3 Å². The molecule has 2 aromatic heterocycles. The van der Waals surface area contributed by atoms with Gasteiger partial charge in [-0.3, -0.25) is 9.89 Å². The van der Waals surface area contributed by atoms with Crippen LogP contribution in [-0.2, 0) is 4.74 Å². The Morgan fingerprint density at radius 2 is 2.16 bits per heavy atom.